The van der Waals surface area contributed by atoms with E-state index in [1.807, 2.05) is 18.2 Å². The molecule has 96 valence electrons. The van der Waals surface area contributed by atoms with E-state index in [0.29, 0.717) is 11.5 Å². The Morgan fingerprint density at radius 3 is 3.11 bits per heavy atom. The molecule has 0 aliphatic carbocycles. The third-order valence-electron chi connectivity index (χ3n) is 2.75. The van der Waals surface area contributed by atoms with Crippen molar-refractivity contribution in [2.75, 3.05) is 11.9 Å². The SMILES string of the molecule is O=c1nc(NCCc2cccs2)c2cccnc2[nH]1. The van der Waals surface area contributed by atoms with Gasteiger partial charge in [0.1, 0.15) is 11.5 Å². The van der Waals surface area contributed by atoms with Crippen molar-refractivity contribution < 1.29 is 0 Å². The Morgan fingerprint density at radius 1 is 1.32 bits per heavy atom. The Bertz CT molecular complexity index is 736. The molecule has 0 atom stereocenters. The molecule has 0 saturated carbocycles. The van der Waals surface area contributed by atoms with Crippen LogP contribution in [0.3, 0.4) is 0 Å². The summed E-state index contributed by atoms with van der Waals surface area (Å²) in [7, 11) is 0. The molecule has 0 radical (unpaired) electrons. The van der Waals surface area contributed by atoms with Gasteiger partial charge in [0.25, 0.3) is 0 Å². The van der Waals surface area contributed by atoms with Crippen molar-refractivity contribution in [3.8, 4) is 0 Å². The summed E-state index contributed by atoms with van der Waals surface area (Å²) in [5, 5.41) is 6.09. The molecule has 3 aromatic heterocycles. The molecule has 0 aliphatic heterocycles. The molecule has 0 spiro atoms. The van der Waals surface area contributed by atoms with Crippen LogP contribution in [-0.2, 0) is 6.42 Å². The van der Waals surface area contributed by atoms with Crippen molar-refractivity contribution in [1.82, 2.24) is 15.0 Å². The Morgan fingerprint density at radius 2 is 2.26 bits per heavy atom. The van der Waals surface area contributed by atoms with E-state index in [0.717, 1.165) is 18.4 Å². The Balaban J connectivity index is 1.82. The van der Waals surface area contributed by atoms with Gasteiger partial charge in [-0.25, -0.2) is 9.78 Å². The van der Waals surface area contributed by atoms with Gasteiger partial charge >= 0.3 is 5.69 Å². The molecule has 0 amide bonds. The van der Waals surface area contributed by atoms with E-state index < -0.39 is 0 Å². The van der Waals surface area contributed by atoms with E-state index in [9.17, 15) is 4.79 Å². The summed E-state index contributed by atoms with van der Waals surface area (Å²) in [6.45, 7) is 0.737. The minimum Gasteiger partial charge on any atom is -0.369 e. The van der Waals surface area contributed by atoms with Crippen molar-refractivity contribution in [2.24, 2.45) is 0 Å². The van der Waals surface area contributed by atoms with Crippen molar-refractivity contribution in [3.63, 3.8) is 0 Å². The smallest absolute Gasteiger partial charge is 0.348 e. The van der Waals surface area contributed by atoms with Crippen LogP contribution in [0.25, 0.3) is 11.0 Å². The third-order valence-corrected chi connectivity index (χ3v) is 3.68. The molecule has 3 rings (SSSR count). The first-order chi connectivity index (χ1) is 9.33. The molecule has 0 fully saturated rings. The van der Waals surface area contributed by atoms with E-state index in [1.54, 1.807) is 17.5 Å². The Kier molecular flexibility index (Phi) is 3.24. The van der Waals surface area contributed by atoms with E-state index in [4.69, 9.17) is 0 Å². The first kappa shape index (κ1) is 11.9. The van der Waals surface area contributed by atoms with Gasteiger partial charge < -0.3 is 5.32 Å². The second-order valence-corrected chi connectivity index (χ2v) is 5.08. The number of fused-ring (bicyclic) bond motifs is 1. The predicted octanol–water partition coefficient (Wildman–Crippen LogP) is 2.03. The first-order valence-electron chi connectivity index (χ1n) is 5.94. The molecule has 0 saturated heterocycles. The number of aromatic nitrogens is 3. The van der Waals surface area contributed by atoms with Crippen LogP contribution in [-0.4, -0.2) is 21.5 Å². The van der Waals surface area contributed by atoms with Crippen molar-refractivity contribution in [3.05, 3.63) is 51.2 Å². The molecule has 19 heavy (non-hydrogen) atoms. The number of rotatable bonds is 4. The van der Waals surface area contributed by atoms with E-state index >= 15 is 0 Å². The molecule has 2 N–H and O–H groups in total. The average molecular weight is 272 g/mol. The minimum atomic E-state index is -0.384. The zero-order valence-electron chi connectivity index (χ0n) is 10.1. The fraction of sp³-hybridized carbons (Fsp3) is 0.154. The molecule has 0 aliphatic rings. The quantitative estimate of drug-likeness (QED) is 0.762. The summed E-state index contributed by atoms with van der Waals surface area (Å²) < 4.78 is 0. The van der Waals surface area contributed by atoms with Crippen LogP contribution in [0.15, 0.2) is 40.6 Å². The van der Waals surface area contributed by atoms with Crippen LogP contribution < -0.4 is 11.0 Å². The van der Waals surface area contributed by atoms with Gasteiger partial charge in [-0.15, -0.1) is 11.3 Å². The number of H-pyrrole nitrogens is 1. The molecule has 6 heteroatoms. The van der Waals surface area contributed by atoms with Crippen LogP contribution >= 0.6 is 11.3 Å². The molecule has 3 heterocycles. The number of pyridine rings is 1. The second-order valence-electron chi connectivity index (χ2n) is 4.05. The molecule has 0 bridgehead atoms. The normalized spacial score (nSPS) is 10.7. The lowest BCUT2D eigenvalue weighted by atomic mass is 10.3. The van der Waals surface area contributed by atoms with Gasteiger partial charge in [-0.2, -0.15) is 4.98 Å². The zero-order chi connectivity index (χ0) is 13.1. The summed E-state index contributed by atoms with van der Waals surface area (Å²) >= 11 is 1.72. The van der Waals surface area contributed by atoms with E-state index in [2.05, 4.69) is 31.7 Å². The predicted molar refractivity (Wildman–Crippen MR) is 76.7 cm³/mol. The number of hydrogen-bond donors (Lipinski definition) is 2. The van der Waals surface area contributed by atoms with Gasteiger partial charge in [0, 0.05) is 17.6 Å². The van der Waals surface area contributed by atoms with Crippen LogP contribution in [0.4, 0.5) is 5.82 Å². The number of aromatic amines is 1. The van der Waals surface area contributed by atoms with Gasteiger partial charge in [-0.1, -0.05) is 6.07 Å². The van der Waals surface area contributed by atoms with Crippen molar-refractivity contribution in [2.45, 2.75) is 6.42 Å². The monoisotopic (exact) mass is 272 g/mol. The second kappa shape index (κ2) is 5.19. The summed E-state index contributed by atoms with van der Waals surface area (Å²) in [5.41, 5.74) is 0.172. The van der Waals surface area contributed by atoms with Gasteiger partial charge in [0.2, 0.25) is 0 Å². The highest BCUT2D eigenvalue weighted by atomic mass is 32.1. The summed E-state index contributed by atoms with van der Waals surface area (Å²) in [6, 6.07) is 7.84. The van der Waals surface area contributed by atoms with Crippen molar-refractivity contribution in [1.29, 1.82) is 0 Å². The van der Waals surface area contributed by atoms with Gasteiger partial charge in [0.05, 0.1) is 5.39 Å². The van der Waals surface area contributed by atoms with Crippen LogP contribution in [0.5, 0.6) is 0 Å². The largest absolute Gasteiger partial charge is 0.369 e. The van der Waals surface area contributed by atoms with Crippen LogP contribution in [0.1, 0.15) is 4.88 Å². The third kappa shape index (κ3) is 2.63. The maximum absolute atomic E-state index is 11.5. The standard InChI is InChI=1S/C13H12N4OS/c18-13-16-11-10(4-1-6-14-11)12(17-13)15-7-5-9-3-2-8-19-9/h1-4,6,8H,5,7H2,(H2,14,15,16,17,18). The molecule has 0 aromatic carbocycles. The number of nitrogens with one attached hydrogen (secondary N) is 2. The van der Waals surface area contributed by atoms with Crippen LogP contribution in [0.2, 0.25) is 0 Å². The molecule has 5 nitrogen and oxygen atoms in total. The van der Waals surface area contributed by atoms with Gasteiger partial charge in [-0.05, 0) is 30.0 Å². The number of hydrogen-bond acceptors (Lipinski definition) is 5. The average Bonchev–Trinajstić information content (AvgIpc) is 2.91. The number of thiophene rings is 1. The lowest BCUT2D eigenvalue weighted by Crippen LogP contribution is -2.15. The fourth-order valence-electron chi connectivity index (χ4n) is 1.88. The summed E-state index contributed by atoms with van der Waals surface area (Å²) in [5.74, 6) is 0.586. The summed E-state index contributed by atoms with van der Waals surface area (Å²) in [6.07, 6.45) is 2.56. The van der Waals surface area contributed by atoms with Crippen molar-refractivity contribution >= 4 is 28.2 Å². The lowest BCUT2D eigenvalue weighted by Gasteiger charge is -2.06. The highest BCUT2D eigenvalue weighted by Crippen LogP contribution is 2.15. The highest BCUT2D eigenvalue weighted by molar-refractivity contribution is 7.09. The maximum atomic E-state index is 11.5. The van der Waals surface area contributed by atoms with Crippen LogP contribution in [0, 0.1) is 0 Å². The lowest BCUT2D eigenvalue weighted by molar-refractivity contribution is 1.01. The Labute approximate surface area is 113 Å². The molecule has 3 aromatic rings. The molecular formula is C13H12N4OS. The minimum absolute atomic E-state index is 0.384. The maximum Gasteiger partial charge on any atom is 0.348 e. The zero-order valence-corrected chi connectivity index (χ0v) is 10.9. The Hall–Kier alpha value is -2.21. The topological polar surface area (TPSA) is 70.7 Å². The number of nitrogens with zero attached hydrogens (tertiary/aromatic N) is 2. The molecular weight excluding hydrogens is 260 g/mol. The number of anilines is 1. The first-order valence-corrected chi connectivity index (χ1v) is 6.82. The van der Waals surface area contributed by atoms with E-state index in [1.165, 1.54) is 4.88 Å². The molecule has 0 unspecified atom stereocenters. The van der Waals surface area contributed by atoms with Gasteiger partial charge in [-0.3, -0.25) is 4.98 Å². The van der Waals surface area contributed by atoms with E-state index in [-0.39, 0.29) is 5.69 Å². The fourth-order valence-corrected chi connectivity index (χ4v) is 2.59. The van der Waals surface area contributed by atoms with Gasteiger partial charge in [0.15, 0.2) is 0 Å². The summed E-state index contributed by atoms with van der Waals surface area (Å²) in [4.78, 5) is 23.5. The highest BCUT2D eigenvalue weighted by Gasteiger charge is 2.04.